The average Bonchev–Trinajstić information content (AvgIpc) is 3.06. The second kappa shape index (κ2) is 4.14. The van der Waals surface area contributed by atoms with E-state index < -0.39 is 0 Å². The lowest BCUT2D eigenvalue weighted by atomic mass is 10.2. The van der Waals surface area contributed by atoms with Crippen LogP contribution in [0.25, 0.3) is 0 Å². The van der Waals surface area contributed by atoms with E-state index in [1.165, 1.54) is 0 Å². The van der Waals surface area contributed by atoms with Crippen LogP contribution in [-0.2, 0) is 16.1 Å². The summed E-state index contributed by atoms with van der Waals surface area (Å²) in [6, 6.07) is 11.6. The molecular formula is C12H11NO2. The Balaban J connectivity index is 1.80. The van der Waals surface area contributed by atoms with Crippen molar-refractivity contribution in [3.8, 4) is 6.07 Å². The van der Waals surface area contributed by atoms with Crippen LogP contribution in [0.4, 0.5) is 0 Å². The Hall–Kier alpha value is -1.82. The molecule has 2 atom stereocenters. The zero-order valence-corrected chi connectivity index (χ0v) is 8.22. The summed E-state index contributed by atoms with van der Waals surface area (Å²) in [6.45, 7) is 0.300. The Morgan fingerprint density at radius 1 is 1.47 bits per heavy atom. The first-order valence-corrected chi connectivity index (χ1v) is 4.91. The highest BCUT2D eigenvalue weighted by molar-refractivity contribution is 5.76. The molecule has 15 heavy (non-hydrogen) atoms. The normalized spacial score (nSPS) is 22.9. The maximum absolute atomic E-state index is 11.4. The maximum Gasteiger partial charge on any atom is 0.310 e. The molecule has 0 amide bonds. The lowest BCUT2D eigenvalue weighted by molar-refractivity contribution is -0.146. The first kappa shape index (κ1) is 9.72. The molecule has 0 N–H and O–H groups in total. The third kappa shape index (κ3) is 2.35. The van der Waals surface area contributed by atoms with Crippen molar-refractivity contribution >= 4 is 5.97 Å². The van der Waals surface area contributed by atoms with Crippen LogP contribution >= 0.6 is 0 Å². The fourth-order valence-corrected chi connectivity index (χ4v) is 1.43. The first-order chi connectivity index (χ1) is 7.31. The lowest BCUT2D eigenvalue weighted by Crippen LogP contribution is -2.07. The topological polar surface area (TPSA) is 50.1 Å². The molecule has 1 aliphatic rings. The lowest BCUT2D eigenvalue weighted by Gasteiger charge is -2.03. The monoisotopic (exact) mass is 201 g/mol. The van der Waals surface area contributed by atoms with E-state index in [9.17, 15) is 4.79 Å². The Bertz CT molecular complexity index is 394. The van der Waals surface area contributed by atoms with Gasteiger partial charge in [0.25, 0.3) is 0 Å². The molecule has 0 bridgehead atoms. The highest BCUT2D eigenvalue weighted by Gasteiger charge is 2.44. The Morgan fingerprint density at radius 2 is 2.20 bits per heavy atom. The molecule has 3 heteroatoms. The predicted molar refractivity (Wildman–Crippen MR) is 53.4 cm³/mol. The summed E-state index contributed by atoms with van der Waals surface area (Å²) in [5.74, 6) is -0.544. The molecule has 3 nitrogen and oxygen atoms in total. The third-order valence-electron chi connectivity index (χ3n) is 2.48. The number of esters is 1. The molecule has 0 radical (unpaired) electrons. The van der Waals surface area contributed by atoms with Crippen LogP contribution in [0.3, 0.4) is 0 Å². The van der Waals surface area contributed by atoms with Gasteiger partial charge in [0.05, 0.1) is 17.9 Å². The van der Waals surface area contributed by atoms with E-state index in [2.05, 4.69) is 6.07 Å². The average molecular weight is 201 g/mol. The van der Waals surface area contributed by atoms with Crippen LogP contribution in [0.15, 0.2) is 30.3 Å². The van der Waals surface area contributed by atoms with Crippen LogP contribution in [0.5, 0.6) is 0 Å². The van der Waals surface area contributed by atoms with E-state index in [0.29, 0.717) is 13.0 Å². The van der Waals surface area contributed by atoms with Crippen LogP contribution < -0.4 is 0 Å². The third-order valence-corrected chi connectivity index (χ3v) is 2.48. The number of hydrogen-bond donors (Lipinski definition) is 0. The minimum absolute atomic E-state index is 0.117. The van der Waals surface area contributed by atoms with Gasteiger partial charge in [0, 0.05) is 0 Å². The molecule has 1 aliphatic carbocycles. The van der Waals surface area contributed by atoms with E-state index >= 15 is 0 Å². The fraction of sp³-hybridized carbons (Fsp3) is 0.333. The van der Waals surface area contributed by atoms with Crippen molar-refractivity contribution in [2.24, 2.45) is 11.8 Å². The van der Waals surface area contributed by atoms with Crippen molar-refractivity contribution in [1.82, 2.24) is 0 Å². The van der Waals surface area contributed by atoms with Crippen LogP contribution in [0, 0.1) is 23.2 Å². The molecule has 1 saturated carbocycles. The standard InChI is InChI=1S/C12H11NO2/c13-7-10-6-11(10)12(14)15-8-9-4-2-1-3-5-9/h1-5,10-11H,6,8H2/t10-,11+/m0/s1. The van der Waals surface area contributed by atoms with E-state index in [1.54, 1.807) is 0 Å². The van der Waals surface area contributed by atoms with E-state index in [1.807, 2.05) is 30.3 Å². The van der Waals surface area contributed by atoms with Gasteiger partial charge in [-0.15, -0.1) is 0 Å². The molecule has 2 rings (SSSR count). The van der Waals surface area contributed by atoms with Crippen molar-refractivity contribution in [2.45, 2.75) is 13.0 Å². The van der Waals surface area contributed by atoms with Crippen molar-refractivity contribution in [3.05, 3.63) is 35.9 Å². The van der Waals surface area contributed by atoms with Crippen LogP contribution in [-0.4, -0.2) is 5.97 Å². The van der Waals surface area contributed by atoms with Gasteiger partial charge in [-0.1, -0.05) is 30.3 Å². The summed E-state index contributed by atoms with van der Waals surface area (Å²) in [7, 11) is 0. The van der Waals surface area contributed by atoms with Gasteiger partial charge in [0.1, 0.15) is 6.61 Å². The van der Waals surface area contributed by atoms with Crippen LogP contribution in [0.2, 0.25) is 0 Å². The molecule has 1 aromatic carbocycles. The molecule has 0 aromatic heterocycles. The number of benzene rings is 1. The van der Waals surface area contributed by atoms with Gasteiger partial charge in [0.15, 0.2) is 0 Å². The van der Waals surface area contributed by atoms with Crippen molar-refractivity contribution in [3.63, 3.8) is 0 Å². The summed E-state index contributed by atoms with van der Waals surface area (Å²) in [5, 5.41) is 8.55. The Morgan fingerprint density at radius 3 is 2.80 bits per heavy atom. The van der Waals surface area contributed by atoms with Gasteiger partial charge in [-0.3, -0.25) is 4.79 Å². The fourth-order valence-electron chi connectivity index (χ4n) is 1.43. The smallest absolute Gasteiger partial charge is 0.310 e. The SMILES string of the molecule is N#C[C@@H]1C[C@H]1C(=O)OCc1ccccc1. The highest BCUT2D eigenvalue weighted by Crippen LogP contribution is 2.38. The molecule has 1 fully saturated rings. The number of carbonyl (C=O) groups excluding carboxylic acids is 1. The second-order valence-corrected chi connectivity index (χ2v) is 3.67. The minimum atomic E-state index is -0.245. The van der Waals surface area contributed by atoms with E-state index in [4.69, 9.17) is 10.00 Å². The van der Waals surface area contributed by atoms with Crippen molar-refractivity contribution in [1.29, 1.82) is 5.26 Å². The molecule has 76 valence electrons. The number of ether oxygens (including phenoxy) is 1. The van der Waals surface area contributed by atoms with E-state index in [-0.39, 0.29) is 17.8 Å². The summed E-state index contributed by atoms with van der Waals surface area (Å²) in [4.78, 5) is 11.4. The molecular weight excluding hydrogens is 190 g/mol. The number of carbonyl (C=O) groups is 1. The molecule has 1 aromatic rings. The Kier molecular flexibility index (Phi) is 2.68. The summed E-state index contributed by atoms with van der Waals surface area (Å²) < 4.78 is 5.09. The minimum Gasteiger partial charge on any atom is -0.461 e. The number of nitrogens with zero attached hydrogens (tertiary/aromatic N) is 1. The molecule has 0 saturated heterocycles. The van der Waals surface area contributed by atoms with Crippen molar-refractivity contribution in [2.75, 3.05) is 0 Å². The summed E-state index contributed by atoms with van der Waals surface area (Å²) in [6.07, 6.45) is 0.657. The van der Waals surface area contributed by atoms with Gasteiger partial charge in [-0.2, -0.15) is 5.26 Å². The van der Waals surface area contributed by atoms with Gasteiger partial charge in [-0.25, -0.2) is 0 Å². The van der Waals surface area contributed by atoms with Crippen molar-refractivity contribution < 1.29 is 9.53 Å². The molecule has 0 spiro atoms. The largest absolute Gasteiger partial charge is 0.461 e. The quantitative estimate of drug-likeness (QED) is 0.701. The molecule has 0 aliphatic heterocycles. The zero-order valence-electron chi connectivity index (χ0n) is 8.22. The zero-order chi connectivity index (χ0) is 10.7. The van der Waals surface area contributed by atoms with Gasteiger partial charge in [0.2, 0.25) is 0 Å². The summed E-state index contributed by atoms with van der Waals surface area (Å²) >= 11 is 0. The number of nitriles is 1. The number of hydrogen-bond acceptors (Lipinski definition) is 3. The van der Waals surface area contributed by atoms with Gasteiger partial charge >= 0.3 is 5.97 Å². The second-order valence-electron chi connectivity index (χ2n) is 3.67. The Labute approximate surface area is 88.3 Å². The van der Waals surface area contributed by atoms with Crippen LogP contribution in [0.1, 0.15) is 12.0 Å². The van der Waals surface area contributed by atoms with Gasteiger partial charge in [-0.05, 0) is 12.0 Å². The highest BCUT2D eigenvalue weighted by atomic mass is 16.5. The van der Waals surface area contributed by atoms with E-state index in [0.717, 1.165) is 5.56 Å². The predicted octanol–water partition coefficient (Wildman–Crippen LogP) is 1.89. The molecule has 0 heterocycles. The first-order valence-electron chi connectivity index (χ1n) is 4.91. The maximum atomic E-state index is 11.4. The summed E-state index contributed by atoms with van der Waals surface area (Å²) in [5.41, 5.74) is 0.972. The molecule has 0 unspecified atom stereocenters. The number of rotatable bonds is 3. The van der Waals surface area contributed by atoms with Gasteiger partial charge < -0.3 is 4.74 Å².